The van der Waals surface area contributed by atoms with Crippen LogP contribution < -0.4 is 0 Å². The molecule has 1 aromatic carbocycles. The van der Waals surface area contributed by atoms with Crippen LogP contribution in [-0.2, 0) is 21.1 Å². The third-order valence-corrected chi connectivity index (χ3v) is 3.47. The fourth-order valence-corrected chi connectivity index (χ4v) is 2.25. The topological polar surface area (TPSA) is 71.4 Å². The lowest BCUT2D eigenvalue weighted by atomic mass is 10.2. The van der Waals surface area contributed by atoms with Gasteiger partial charge in [-0.1, -0.05) is 12.1 Å². The van der Waals surface area contributed by atoms with Crippen LogP contribution in [0.15, 0.2) is 24.3 Å². The molecule has 0 aromatic heterocycles. The molecule has 0 aliphatic heterocycles. The summed E-state index contributed by atoms with van der Waals surface area (Å²) in [6, 6.07) is 5.43. The van der Waals surface area contributed by atoms with Gasteiger partial charge >= 0.3 is 5.97 Å². The average Bonchev–Trinajstić information content (AvgIpc) is 2.15. The van der Waals surface area contributed by atoms with Crippen molar-refractivity contribution in [3.63, 3.8) is 0 Å². The van der Waals surface area contributed by atoms with Crippen LogP contribution in [0, 0.1) is 5.82 Å². The molecule has 0 radical (unpaired) electrons. The van der Waals surface area contributed by atoms with Gasteiger partial charge in [0.2, 0.25) is 0 Å². The van der Waals surface area contributed by atoms with Crippen LogP contribution in [0.4, 0.5) is 4.39 Å². The molecule has 0 aliphatic carbocycles. The third-order valence-electron chi connectivity index (χ3n) is 1.96. The molecule has 0 saturated heterocycles. The van der Waals surface area contributed by atoms with Crippen molar-refractivity contribution in [1.82, 2.24) is 0 Å². The molecule has 88 valence electrons. The van der Waals surface area contributed by atoms with Crippen molar-refractivity contribution < 1.29 is 22.7 Å². The molecule has 0 heterocycles. The Morgan fingerprint density at radius 3 is 2.31 bits per heavy atom. The second kappa shape index (κ2) is 5.07. The molecular formula is C10H11FO4S. The summed E-state index contributed by atoms with van der Waals surface area (Å²) in [6.45, 7) is 0. The van der Waals surface area contributed by atoms with Crippen LogP contribution in [0.5, 0.6) is 0 Å². The van der Waals surface area contributed by atoms with Crippen molar-refractivity contribution in [3.8, 4) is 0 Å². The first-order valence-corrected chi connectivity index (χ1v) is 6.38. The summed E-state index contributed by atoms with van der Waals surface area (Å²) in [5.74, 6) is -2.87. The SMILES string of the molecule is O=C(O)CS(=O)(=O)CCc1ccc(F)cc1. The molecule has 6 heteroatoms. The van der Waals surface area contributed by atoms with E-state index in [1.165, 1.54) is 24.3 Å². The maximum atomic E-state index is 12.5. The highest BCUT2D eigenvalue weighted by Gasteiger charge is 2.15. The Hall–Kier alpha value is -1.43. The third kappa shape index (κ3) is 4.39. The lowest BCUT2D eigenvalue weighted by molar-refractivity contribution is -0.134. The molecule has 0 saturated carbocycles. The first kappa shape index (κ1) is 12.6. The number of hydrogen-bond acceptors (Lipinski definition) is 3. The Morgan fingerprint density at radius 2 is 1.81 bits per heavy atom. The highest BCUT2D eigenvalue weighted by molar-refractivity contribution is 7.92. The van der Waals surface area contributed by atoms with Gasteiger partial charge < -0.3 is 5.11 Å². The summed E-state index contributed by atoms with van der Waals surface area (Å²) >= 11 is 0. The van der Waals surface area contributed by atoms with E-state index < -0.39 is 27.4 Å². The van der Waals surface area contributed by atoms with E-state index in [1.807, 2.05) is 0 Å². The molecule has 1 N–H and O–H groups in total. The van der Waals surface area contributed by atoms with Gasteiger partial charge in [0.25, 0.3) is 0 Å². The Bertz CT molecular complexity index is 464. The van der Waals surface area contributed by atoms with Crippen molar-refractivity contribution in [3.05, 3.63) is 35.6 Å². The van der Waals surface area contributed by atoms with E-state index in [9.17, 15) is 17.6 Å². The summed E-state index contributed by atoms with van der Waals surface area (Å²) in [5, 5.41) is 8.35. The summed E-state index contributed by atoms with van der Waals surface area (Å²) in [7, 11) is -3.58. The molecule has 1 rings (SSSR count). The van der Waals surface area contributed by atoms with E-state index in [2.05, 4.69) is 0 Å². The minimum absolute atomic E-state index is 0.190. The molecule has 0 aliphatic rings. The number of sulfone groups is 1. The van der Waals surface area contributed by atoms with Gasteiger partial charge in [-0.3, -0.25) is 4.79 Å². The highest BCUT2D eigenvalue weighted by Crippen LogP contribution is 2.05. The highest BCUT2D eigenvalue weighted by atomic mass is 32.2. The van der Waals surface area contributed by atoms with Gasteiger partial charge in [0.1, 0.15) is 11.6 Å². The fourth-order valence-electron chi connectivity index (χ4n) is 1.18. The molecule has 1 aromatic rings. The lowest BCUT2D eigenvalue weighted by Crippen LogP contribution is -2.19. The van der Waals surface area contributed by atoms with Gasteiger partial charge in [-0.15, -0.1) is 0 Å². The Kier molecular flexibility index (Phi) is 4.00. The Labute approximate surface area is 92.6 Å². The van der Waals surface area contributed by atoms with Gasteiger partial charge in [-0.05, 0) is 24.1 Å². The number of carbonyl (C=O) groups is 1. The largest absolute Gasteiger partial charge is 0.480 e. The molecule has 0 fully saturated rings. The summed E-state index contributed by atoms with van der Waals surface area (Å²) in [5.41, 5.74) is 0.662. The number of hydrogen-bond donors (Lipinski definition) is 1. The number of aliphatic carboxylic acids is 1. The zero-order chi connectivity index (χ0) is 12.2. The Morgan fingerprint density at radius 1 is 1.25 bits per heavy atom. The maximum absolute atomic E-state index is 12.5. The van der Waals surface area contributed by atoms with E-state index in [-0.39, 0.29) is 12.2 Å². The van der Waals surface area contributed by atoms with Crippen molar-refractivity contribution in [2.45, 2.75) is 6.42 Å². The Balaban J connectivity index is 2.58. The van der Waals surface area contributed by atoms with Crippen LogP contribution in [0.3, 0.4) is 0 Å². The molecule has 0 bridgehead atoms. The van der Waals surface area contributed by atoms with E-state index in [0.717, 1.165) is 0 Å². The van der Waals surface area contributed by atoms with Crippen molar-refractivity contribution in [2.24, 2.45) is 0 Å². The molecule has 4 nitrogen and oxygen atoms in total. The second-order valence-corrected chi connectivity index (χ2v) is 5.55. The number of halogens is 1. The zero-order valence-electron chi connectivity index (χ0n) is 8.39. The predicted molar refractivity (Wildman–Crippen MR) is 56.4 cm³/mol. The fraction of sp³-hybridized carbons (Fsp3) is 0.300. The maximum Gasteiger partial charge on any atom is 0.318 e. The summed E-state index contributed by atoms with van der Waals surface area (Å²) < 4.78 is 35.0. The molecular weight excluding hydrogens is 235 g/mol. The van der Waals surface area contributed by atoms with E-state index >= 15 is 0 Å². The number of rotatable bonds is 5. The molecule has 0 unspecified atom stereocenters. The minimum Gasteiger partial charge on any atom is -0.480 e. The standard InChI is InChI=1S/C10H11FO4S/c11-9-3-1-8(2-4-9)5-6-16(14,15)7-10(12)13/h1-4H,5-7H2,(H,12,13). The van der Waals surface area contributed by atoms with Crippen LogP contribution >= 0.6 is 0 Å². The van der Waals surface area contributed by atoms with Crippen LogP contribution in [0.2, 0.25) is 0 Å². The van der Waals surface area contributed by atoms with E-state index in [1.54, 1.807) is 0 Å². The van der Waals surface area contributed by atoms with Crippen LogP contribution in [0.25, 0.3) is 0 Å². The molecule has 16 heavy (non-hydrogen) atoms. The zero-order valence-corrected chi connectivity index (χ0v) is 9.21. The first-order valence-electron chi connectivity index (χ1n) is 4.56. The first-order chi connectivity index (χ1) is 7.39. The van der Waals surface area contributed by atoms with E-state index in [0.29, 0.717) is 5.56 Å². The predicted octanol–water partition coefficient (Wildman–Crippen LogP) is 0.868. The van der Waals surface area contributed by atoms with E-state index in [4.69, 9.17) is 5.11 Å². The van der Waals surface area contributed by atoms with Crippen LogP contribution in [-0.4, -0.2) is 31.0 Å². The van der Waals surface area contributed by atoms with Gasteiger partial charge in [0.05, 0.1) is 5.75 Å². The smallest absolute Gasteiger partial charge is 0.318 e. The quantitative estimate of drug-likeness (QED) is 0.836. The summed E-state index contributed by atoms with van der Waals surface area (Å²) in [4.78, 5) is 10.2. The lowest BCUT2D eigenvalue weighted by Gasteiger charge is -2.01. The van der Waals surface area contributed by atoms with Gasteiger partial charge in [-0.25, -0.2) is 12.8 Å². The second-order valence-electron chi connectivity index (χ2n) is 3.36. The number of benzene rings is 1. The van der Waals surface area contributed by atoms with Crippen LogP contribution in [0.1, 0.15) is 5.56 Å². The normalized spacial score (nSPS) is 11.3. The molecule has 0 atom stereocenters. The molecule has 0 spiro atoms. The minimum atomic E-state index is -3.58. The average molecular weight is 246 g/mol. The van der Waals surface area contributed by atoms with Gasteiger partial charge in [0.15, 0.2) is 9.84 Å². The van der Waals surface area contributed by atoms with Gasteiger partial charge in [-0.2, -0.15) is 0 Å². The van der Waals surface area contributed by atoms with Crippen molar-refractivity contribution in [2.75, 3.05) is 11.5 Å². The van der Waals surface area contributed by atoms with Crippen molar-refractivity contribution >= 4 is 15.8 Å². The number of carboxylic acids is 1. The number of carboxylic acid groups (broad SMARTS) is 1. The monoisotopic (exact) mass is 246 g/mol. The molecule has 0 amide bonds. The van der Waals surface area contributed by atoms with Gasteiger partial charge in [0, 0.05) is 0 Å². The van der Waals surface area contributed by atoms with Crippen molar-refractivity contribution in [1.29, 1.82) is 0 Å². The summed E-state index contributed by atoms with van der Waals surface area (Å²) in [6.07, 6.45) is 0.190. The number of aryl methyl sites for hydroxylation is 1.